The van der Waals surface area contributed by atoms with E-state index in [1.165, 1.54) is 5.56 Å². The molecule has 0 unspecified atom stereocenters. The van der Waals surface area contributed by atoms with Gasteiger partial charge in [0.05, 0.1) is 6.61 Å². The minimum atomic E-state index is -0.0973. The van der Waals surface area contributed by atoms with Gasteiger partial charge in [0, 0.05) is 17.7 Å². The fraction of sp³-hybridized carbons (Fsp3) is 0.208. The fourth-order valence-electron chi connectivity index (χ4n) is 2.87. The van der Waals surface area contributed by atoms with Gasteiger partial charge in [0.15, 0.2) is 0 Å². The molecule has 0 saturated heterocycles. The van der Waals surface area contributed by atoms with E-state index in [1.54, 1.807) is 6.07 Å². The summed E-state index contributed by atoms with van der Waals surface area (Å²) in [5.41, 5.74) is 2.65. The van der Waals surface area contributed by atoms with Crippen molar-refractivity contribution in [2.75, 3.05) is 13.2 Å². The maximum absolute atomic E-state index is 12.5. The average molecular weight is 375 g/mol. The van der Waals surface area contributed by atoms with Crippen molar-refractivity contribution in [3.05, 3.63) is 95.6 Å². The molecule has 0 aliphatic heterocycles. The summed E-state index contributed by atoms with van der Waals surface area (Å²) in [5, 5.41) is 2.98. The second-order valence-electron chi connectivity index (χ2n) is 6.35. The Hall–Kier alpha value is -3.27. The second kappa shape index (κ2) is 10.2. The lowest BCUT2D eigenvalue weighted by atomic mass is 10.1. The number of ether oxygens (including phenoxy) is 2. The zero-order chi connectivity index (χ0) is 19.6. The normalized spacial score (nSPS) is 10.3. The summed E-state index contributed by atoms with van der Waals surface area (Å²) < 4.78 is 11.5. The predicted octanol–water partition coefficient (Wildman–Crippen LogP) is 4.64. The van der Waals surface area contributed by atoms with Gasteiger partial charge in [-0.2, -0.15) is 0 Å². The molecule has 1 N–H and O–H groups in total. The van der Waals surface area contributed by atoms with Gasteiger partial charge in [0.25, 0.3) is 5.91 Å². The number of carbonyl (C=O) groups is 1. The highest BCUT2D eigenvalue weighted by Crippen LogP contribution is 2.23. The Labute approximate surface area is 166 Å². The van der Waals surface area contributed by atoms with Crippen LogP contribution < -0.4 is 14.8 Å². The SMILES string of the molecule is CCOc1ccc(C(=O)NCCc2ccccc2)cc1COc1ccccc1. The Morgan fingerprint density at radius 2 is 1.61 bits per heavy atom. The van der Waals surface area contributed by atoms with Crippen LogP contribution in [0.25, 0.3) is 0 Å². The van der Waals surface area contributed by atoms with Crippen LogP contribution in [0.1, 0.15) is 28.4 Å². The average Bonchev–Trinajstić information content (AvgIpc) is 2.74. The number of rotatable bonds is 9. The molecule has 0 atom stereocenters. The summed E-state index contributed by atoms with van der Waals surface area (Å²) in [6, 6.07) is 25.2. The molecule has 1 amide bonds. The lowest BCUT2D eigenvalue weighted by Crippen LogP contribution is -2.25. The van der Waals surface area contributed by atoms with E-state index in [-0.39, 0.29) is 5.91 Å². The fourth-order valence-corrected chi connectivity index (χ4v) is 2.87. The number of amides is 1. The van der Waals surface area contributed by atoms with E-state index in [0.29, 0.717) is 25.3 Å². The summed E-state index contributed by atoms with van der Waals surface area (Å²) in [6.07, 6.45) is 0.799. The van der Waals surface area contributed by atoms with Crippen LogP contribution in [0, 0.1) is 0 Å². The third-order valence-electron chi connectivity index (χ3n) is 4.30. The summed E-state index contributed by atoms with van der Waals surface area (Å²) in [5.74, 6) is 1.42. The van der Waals surface area contributed by atoms with Gasteiger partial charge in [-0.1, -0.05) is 48.5 Å². The molecule has 0 radical (unpaired) electrons. The van der Waals surface area contributed by atoms with Crippen molar-refractivity contribution in [1.29, 1.82) is 0 Å². The van der Waals surface area contributed by atoms with E-state index >= 15 is 0 Å². The van der Waals surface area contributed by atoms with Crippen LogP contribution in [0.2, 0.25) is 0 Å². The summed E-state index contributed by atoms with van der Waals surface area (Å²) in [6.45, 7) is 3.42. The Morgan fingerprint density at radius 1 is 0.893 bits per heavy atom. The molecule has 0 bridgehead atoms. The number of hydrogen-bond acceptors (Lipinski definition) is 3. The molecule has 3 rings (SSSR count). The minimum absolute atomic E-state index is 0.0973. The highest BCUT2D eigenvalue weighted by Gasteiger charge is 2.11. The first kappa shape index (κ1) is 19.5. The van der Waals surface area contributed by atoms with Crippen LogP contribution in [0.4, 0.5) is 0 Å². The third kappa shape index (κ3) is 5.61. The van der Waals surface area contributed by atoms with Crippen LogP contribution in [-0.2, 0) is 13.0 Å². The largest absolute Gasteiger partial charge is 0.493 e. The maximum Gasteiger partial charge on any atom is 0.251 e. The highest BCUT2D eigenvalue weighted by atomic mass is 16.5. The molecule has 3 aromatic carbocycles. The molecule has 144 valence electrons. The molecule has 0 aliphatic carbocycles. The van der Waals surface area contributed by atoms with Crippen molar-refractivity contribution in [1.82, 2.24) is 5.32 Å². The molecule has 4 heteroatoms. The van der Waals surface area contributed by atoms with Gasteiger partial charge >= 0.3 is 0 Å². The van der Waals surface area contributed by atoms with Gasteiger partial charge in [-0.25, -0.2) is 0 Å². The van der Waals surface area contributed by atoms with Crippen molar-refractivity contribution in [2.24, 2.45) is 0 Å². The van der Waals surface area contributed by atoms with Crippen molar-refractivity contribution < 1.29 is 14.3 Å². The van der Waals surface area contributed by atoms with Crippen molar-refractivity contribution in [2.45, 2.75) is 20.0 Å². The van der Waals surface area contributed by atoms with Gasteiger partial charge in [0.2, 0.25) is 0 Å². The standard InChI is InChI=1S/C24H25NO3/c1-2-27-23-14-13-20(17-21(23)18-28-22-11-7-4-8-12-22)24(26)25-16-15-19-9-5-3-6-10-19/h3-14,17H,2,15-16,18H2,1H3,(H,25,26). The number of hydrogen-bond donors (Lipinski definition) is 1. The molecule has 28 heavy (non-hydrogen) atoms. The van der Waals surface area contributed by atoms with Crippen LogP contribution >= 0.6 is 0 Å². The number of carbonyl (C=O) groups excluding carboxylic acids is 1. The number of nitrogens with one attached hydrogen (secondary N) is 1. The molecule has 0 spiro atoms. The smallest absolute Gasteiger partial charge is 0.251 e. The summed E-state index contributed by atoms with van der Waals surface area (Å²) >= 11 is 0. The first-order chi connectivity index (χ1) is 13.8. The number of benzene rings is 3. The zero-order valence-electron chi connectivity index (χ0n) is 16.1. The van der Waals surface area contributed by atoms with E-state index in [9.17, 15) is 4.79 Å². The third-order valence-corrected chi connectivity index (χ3v) is 4.30. The van der Waals surface area contributed by atoms with Crippen molar-refractivity contribution in [3.63, 3.8) is 0 Å². The van der Waals surface area contributed by atoms with E-state index in [2.05, 4.69) is 17.4 Å². The topological polar surface area (TPSA) is 47.6 Å². The van der Waals surface area contributed by atoms with Crippen LogP contribution in [0.15, 0.2) is 78.9 Å². The van der Waals surface area contributed by atoms with Crippen molar-refractivity contribution in [3.8, 4) is 11.5 Å². The first-order valence-corrected chi connectivity index (χ1v) is 9.52. The van der Waals surface area contributed by atoms with Crippen LogP contribution in [0.5, 0.6) is 11.5 Å². The molecule has 0 saturated carbocycles. The predicted molar refractivity (Wildman–Crippen MR) is 111 cm³/mol. The number of para-hydroxylation sites is 1. The Kier molecular flexibility index (Phi) is 7.08. The second-order valence-corrected chi connectivity index (χ2v) is 6.35. The lowest BCUT2D eigenvalue weighted by Gasteiger charge is -2.13. The van der Waals surface area contributed by atoms with Gasteiger partial charge in [-0.3, -0.25) is 4.79 Å². The molecule has 0 heterocycles. The van der Waals surface area contributed by atoms with Gasteiger partial charge in [-0.05, 0) is 49.2 Å². The Morgan fingerprint density at radius 3 is 2.32 bits per heavy atom. The van der Waals surface area contributed by atoms with E-state index in [0.717, 1.165) is 23.5 Å². The van der Waals surface area contributed by atoms with E-state index < -0.39 is 0 Å². The van der Waals surface area contributed by atoms with Crippen molar-refractivity contribution >= 4 is 5.91 Å². The van der Waals surface area contributed by atoms with Gasteiger partial charge < -0.3 is 14.8 Å². The zero-order valence-corrected chi connectivity index (χ0v) is 16.1. The maximum atomic E-state index is 12.5. The summed E-state index contributed by atoms with van der Waals surface area (Å²) in [4.78, 5) is 12.5. The Balaban J connectivity index is 1.64. The van der Waals surface area contributed by atoms with E-state index in [1.807, 2.05) is 67.6 Å². The molecule has 0 fully saturated rings. The summed E-state index contributed by atoms with van der Waals surface area (Å²) in [7, 11) is 0. The van der Waals surface area contributed by atoms with Crippen LogP contribution in [0.3, 0.4) is 0 Å². The first-order valence-electron chi connectivity index (χ1n) is 9.52. The molecule has 3 aromatic rings. The monoisotopic (exact) mass is 375 g/mol. The van der Waals surface area contributed by atoms with E-state index in [4.69, 9.17) is 9.47 Å². The quantitative estimate of drug-likeness (QED) is 0.593. The van der Waals surface area contributed by atoms with Gasteiger partial charge in [0.1, 0.15) is 18.1 Å². The molecule has 0 aliphatic rings. The van der Waals surface area contributed by atoms with Crippen LogP contribution in [-0.4, -0.2) is 19.1 Å². The Bertz CT molecular complexity index is 879. The molecule has 0 aromatic heterocycles. The molecular formula is C24H25NO3. The lowest BCUT2D eigenvalue weighted by molar-refractivity contribution is 0.0954. The molecular weight excluding hydrogens is 350 g/mol. The molecule has 4 nitrogen and oxygen atoms in total. The van der Waals surface area contributed by atoms with Gasteiger partial charge in [-0.15, -0.1) is 0 Å². The minimum Gasteiger partial charge on any atom is -0.493 e. The highest BCUT2D eigenvalue weighted by molar-refractivity contribution is 5.94.